The van der Waals surface area contributed by atoms with E-state index >= 15 is 0 Å². The van der Waals surface area contributed by atoms with Gasteiger partial charge in [0.15, 0.2) is 0 Å². The zero-order valence-corrected chi connectivity index (χ0v) is 14.9. The fraction of sp³-hybridized carbons (Fsp3) is 0.316. The van der Waals surface area contributed by atoms with Crippen LogP contribution in [0.2, 0.25) is 0 Å². The molecule has 0 spiro atoms. The van der Waals surface area contributed by atoms with Crippen LogP contribution in [0.3, 0.4) is 0 Å². The number of amides is 2. The van der Waals surface area contributed by atoms with Crippen LogP contribution in [0.5, 0.6) is 0 Å². The first-order chi connectivity index (χ1) is 12.2. The molecule has 0 aromatic heterocycles. The predicted molar refractivity (Wildman–Crippen MR) is 101 cm³/mol. The van der Waals surface area contributed by atoms with Crippen molar-refractivity contribution in [2.75, 3.05) is 6.54 Å². The van der Waals surface area contributed by atoms with Crippen molar-refractivity contribution in [3.63, 3.8) is 0 Å². The molecule has 2 heterocycles. The first-order valence-corrected chi connectivity index (χ1v) is 9.57. The van der Waals surface area contributed by atoms with Gasteiger partial charge in [0.25, 0.3) is 0 Å². The van der Waals surface area contributed by atoms with Crippen molar-refractivity contribution < 1.29 is 4.79 Å². The molecule has 2 aliphatic heterocycles. The molecular weight excluding hydrogens is 332 g/mol. The van der Waals surface area contributed by atoms with Gasteiger partial charge in [0.1, 0.15) is 11.7 Å². The van der Waals surface area contributed by atoms with Gasteiger partial charge < -0.3 is 5.32 Å². The summed E-state index contributed by atoms with van der Waals surface area (Å²) < 4.78 is 0. The minimum atomic E-state index is -0.0977. The average molecular weight is 354 g/mol. The molecule has 3 unspecified atom stereocenters. The number of thioether (sulfide) groups is 1. The normalized spacial score (nSPS) is 25.6. The molecule has 5 nitrogen and oxygen atoms in total. The van der Waals surface area contributed by atoms with Gasteiger partial charge in [-0.2, -0.15) is 0 Å². The van der Waals surface area contributed by atoms with E-state index in [4.69, 9.17) is 0 Å². The highest BCUT2D eigenvalue weighted by Crippen LogP contribution is 2.29. The van der Waals surface area contributed by atoms with Gasteiger partial charge in [0.05, 0.1) is 0 Å². The summed E-state index contributed by atoms with van der Waals surface area (Å²) in [5.41, 5.74) is 6.94. The van der Waals surface area contributed by atoms with Crippen molar-refractivity contribution in [2.24, 2.45) is 0 Å². The van der Waals surface area contributed by atoms with Gasteiger partial charge in [-0.1, -0.05) is 54.6 Å². The summed E-state index contributed by atoms with van der Waals surface area (Å²) in [4.78, 5) is 12.4. The average Bonchev–Trinajstić information content (AvgIpc) is 3.06. The Morgan fingerprint density at radius 2 is 1.88 bits per heavy atom. The Hall–Kier alpha value is -2.02. The number of carbonyl (C=O) groups excluding carboxylic acids is 1. The number of carbonyl (C=O) groups is 1. The van der Waals surface area contributed by atoms with Crippen molar-refractivity contribution in [1.82, 2.24) is 21.1 Å². The molecule has 2 aliphatic rings. The van der Waals surface area contributed by atoms with Crippen molar-refractivity contribution in [1.29, 1.82) is 0 Å². The molecule has 4 rings (SSSR count). The monoisotopic (exact) mass is 354 g/mol. The fourth-order valence-corrected chi connectivity index (χ4v) is 4.48. The third-order valence-corrected chi connectivity index (χ3v) is 5.90. The minimum absolute atomic E-state index is 0.0366. The number of hydrazine groups is 1. The molecule has 25 heavy (non-hydrogen) atoms. The van der Waals surface area contributed by atoms with Gasteiger partial charge in [-0.15, -0.1) is 11.8 Å². The molecule has 2 saturated heterocycles. The Morgan fingerprint density at radius 3 is 2.68 bits per heavy atom. The van der Waals surface area contributed by atoms with E-state index in [0.29, 0.717) is 0 Å². The Bertz CT molecular complexity index is 754. The lowest BCUT2D eigenvalue weighted by Crippen LogP contribution is -2.65. The number of hydrogen-bond donors (Lipinski definition) is 3. The Kier molecular flexibility index (Phi) is 4.65. The van der Waals surface area contributed by atoms with Crippen LogP contribution in [0, 0.1) is 6.92 Å². The number of hydrogen-bond acceptors (Lipinski definition) is 4. The number of rotatable bonds is 4. The second kappa shape index (κ2) is 7.07. The summed E-state index contributed by atoms with van der Waals surface area (Å²) in [5, 5.41) is 8.29. The second-order valence-electron chi connectivity index (χ2n) is 6.43. The third-order valence-electron chi connectivity index (χ3n) is 4.83. The first kappa shape index (κ1) is 16.4. The highest BCUT2D eigenvalue weighted by Gasteiger charge is 2.43. The van der Waals surface area contributed by atoms with Crippen LogP contribution in [0.4, 0.5) is 4.79 Å². The number of benzene rings is 2. The maximum Gasteiger partial charge on any atom is 0.335 e. The summed E-state index contributed by atoms with van der Waals surface area (Å²) in [7, 11) is 0. The zero-order chi connectivity index (χ0) is 17.2. The van der Waals surface area contributed by atoms with E-state index in [1.165, 1.54) is 16.7 Å². The Morgan fingerprint density at radius 1 is 1.12 bits per heavy atom. The maximum atomic E-state index is 12.4. The molecule has 0 aliphatic carbocycles. The molecule has 2 fully saturated rings. The van der Waals surface area contributed by atoms with Gasteiger partial charge >= 0.3 is 6.03 Å². The number of aryl methyl sites for hydroxylation is 1. The van der Waals surface area contributed by atoms with Crippen molar-refractivity contribution in [3.05, 3.63) is 71.3 Å². The zero-order valence-electron chi connectivity index (χ0n) is 14.1. The fourth-order valence-electron chi connectivity index (χ4n) is 3.39. The number of fused-ring (bicyclic) bond motifs is 1. The molecule has 6 heteroatoms. The quantitative estimate of drug-likeness (QED) is 0.790. The summed E-state index contributed by atoms with van der Waals surface area (Å²) in [6.07, 6.45) is -0.0366. The molecule has 130 valence electrons. The van der Waals surface area contributed by atoms with Crippen molar-refractivity contribution in [2.45, 2.75) is 30.3 Å². The van der Waals surface area contributed by atoms with Gasteiger partial charge in [-0.25, -0.2) is 15.2 Å². The highest BCUT2D eigenvalue weighted by atomic mass is 32.2. The smallest absolute Gasteiger partial charge is 0.312 e. The van der Waals surface area contributed by atoms with E-state index < -0.39 is 0 Å². The van der Waals surface area contributed by atoms with Gasteiger partial charge in [0.2, 0.25) is 0 Å². The van der Waals surface area contributed by atoms with Crippen LogP contribution in [0.1, 0.15) is 22.6 Å². The van der Waals surface area contributed by atoms with Crippen LogP contribution in [0.25, 0.3) is 0 Å². The molecule has 3 N–H and O–H groups in total. The highest BCUT2D eigenvalue weighted by molar-refractivity contribution is 7.99. The predicted octanol–water partition coefficient (Wildman–Crippen LogP) is 2.75. The van der Waals surface area contributed by atoms with E-state index in [9.17, 15) is 4.79 Å². The molecule has 2 amide bonds. The van der Waals surface area contributed by atoms with Crippen LogP contribution in [-0.2, 0) is 5.75 Å². The summed E-state index contributed by atoms with van der Waals surface area (Å²) in [6.45, 7) is 2.88. The number of urea groups is 1. The van der Waals surface area contributed by atoms with Crippen molar-refractivity contribution in [3.8, 4) is 0 Å². The summed E-state index contributed by atoms with van der Waals surface area (Å²) >= 11 is 1.72. The largest absolute Gasteiger partial charge is 0.335 e. The van der Waals surface area contributed by atoms with Crippen LogP contribution >= 0.6 is 11.8 Å². The van der Waals surface area contributed by atoms with Crippen LogP contribution in [-0.4, -0.2) is 29.2 Å². The van der Waals surface area contributed by atoms with E-state index in [0.717, 1.165) is 12.3 Å². The standard InChI is InChI=1S/C19H22N4OS/c1-13-7-5-6-10-15(13)12-25-18-21-17-16(14-8-3-2-4-9-14)11-20-23(17)19(24)22-18/h2-10,16-18,20-21H,11-12H2,1H3,(H,22,24). The van der Waals surface area contributed by atoms with Crippen molar-refractivity contribution >= 4 is 17.8 Å². The topological polar surface area (TPSA) is 56.4 Å². The maximum absolute atomic E-state index is 12.4. The lowest BCUT2D eigenvalue weighted by molar-refractivity contribution is 0.128. The first-order valence-electron chi connectivity index (χ1n) is 8.53. The molecule has 0 bridgehead atoms. The molecule has 3 atom stereocenters. The molecular formula is C19H22N4OS. The molecule has 0 saturated carbocycles. The summed E-state index contributed by atoms with van der Waals surface area (Å²) in [5.74, 6) is 1.11. The van der Waals surface area contributed by atoms with Gasteiger partial charge in [-0.3, -0.25) is 5.32 Å². The molecule has 2 aromatic rings. The Balaban J connectivity index is 1.46. The van der Waals surface area contributed by atoms with E-state index in [-0.39, 0.29) is 23.6 Å². The van der Waals surface area contributed by atoms with Crippen LogP contribution in [0.15, 0.2) is 54.6 Å². The number of nitrogens with one attached hydrogen (secondary N) is 3. The summed E-state index contributed by atoms with van der Waals surface area (Å²) in [6, 6.07) is 18.7. The van der Waals surface area contributed by atoms with Gasteiger partial charge in [-0.05, 0) is 23.6 Å². The molecule has 2 aromatic carbocycles. The minimum Gasteiger partial charge on any atom is -0.312 e. The van der Waals surface area contributed by atoms with E-state index in [2.05, 4.69) is 59.4 Å². The second-order valence-corrected chi connectivity index (χ2v) is 7.52. The molecule has 0 radical (unpaired) electrons. The lowest BCUT2D eigenvalue weighted by Gasteiger charge is -2.37. The Labute approximate surface area is 152 Å². The van der Waals surface area contributed by atoms with Gasteiger partial charge in [0, 0.05) is 18.2 Å². The lowest BCUT2D eigenvalue weighted by atomic mass is 9.97. The van der Waals surface area contributed by atoms with Crippen LogP contribution < -0.4 is 16.1 Å². The third kappa shape index (κ3) is 3.38. The van der Waals surface area contributed by atoms with E-state index in [1.807, 2.05) is 18.2 Å². The SMILES string of the molecule is Cc1ccccc1CSC1NC(=O)N2NCC(c3ccccc3)C2N1. The van der Waals surface area contributed by atoms with E-state index in [1.54, 1.807) is 16.8 Å². The number of nitrogens with zero attached hydrogens (tertiary/aromatic N) is 1.